The van der Waals surface area contributed by atoms with E-state index in [0.717, 1.165) is 4.68 Å². The Bertz CT molecular complexity index is 1270. The number of halogens is 5. The number of alkyl halides is 5. The van der Waals surface area contributed by atoms with E-state index in [1.54, 1.807) is 0 Å². The minimum absolute atomic E-state index is 0.00942. The van der Waals surface area contributed by atoms with E-state index in [4.69, 9.17) is 5.73 Å². The molecule has 0 fully saturated rings. The molecule has 0 radical (unpaired) electrons. The van der Waals surface area contributed by atoms with Gasteiger partial charge in [-0.25, -0.2) is 18.4 Å². The zero-order valence-electron chi connectivity index (χ0n) is 16.0. The van der Waals surface area contributed by atoms with Gasteiger partial charge in [0.25, 0.3) is 11.9 Å². The van der Waals surface area contributed by atoms with E-state index >= 15 is 0 Å². The normalized spacial score (nSPS) is 12.1. The first-order chi connectivity index (χ1) is 15.4. The Morgan fingerprint density at radius 3 is 2.45 bits per heavy atom. The standard InChI is InChI=1S/C16H12F5N7O4S/c17-13(18)33(30,31)10-5-8(4-9(6-10)32-16(19,20)21)12(29)25-7-11-26-14(22)27-28(11)15-23-2-1-3-24-15/h1-6,13H,7H2,(H2,22,27)(H,25,29). The molecule has 3 N–H and O–H groups in total. The van der Waals surface area contributed by atoms with Crippen LogP contribution in [-0.2, 0) is 16.4 Å². The van der Waals surface area contributed by atoms with Crippen LogP contribution in [0.5, 0.6) is 5.75 Å². The van der Waals surface area contributed by atoms with Gasteiger partial charge >= 0.3 is 12.1 Å². The monoisotopic (exact) mass is 493 g/mol. The van der Waals surface area contributed by atoms with Gasteiger partial charge in [-0.2, -0.15) is 18.4 Å². The van der Waals surface area contributed by atoms with E-state index in [1.807, 2.05) is 0 Å². The average molecular weight is 493 g/mol. The molecule has 0 spiro atoms. The van der Waals surface area contributed by atoms with Crippen LogP contribution in [0.2, 0.25) is 0 Å². The van der Waals surface area contributed by atoms with Gasteiger partial charge in [-0.05, 0) is 24.3 Å². The summed E-state index contributed by atoms with van der Waals surface area (Å²) >= 11 is 0. The molecule has 3 aromatic rings. The molecule has 17 heteroatoms. The van der Waals surface area contributed by atoms with Crippen molar-refractivity contribution in [2.45, 2.75) is 23.6 Å². The molecule has 2 aromatic heterocycles. The van der Waals surface area contributed by atoms with Crippen molar-refractivity contribution in [3.8, 4) is 11.7 Å². The summed E-state index contributed by atoms with van der Waals surface area (Å²) < 4.78 is 91.7. The topological polar surface area (TPSA) is 155 Å². The summed E-state index contributed by atoms with van der Waals surface area (Å²) in [7, 11) is -5.34. The highest BCUT2D eigenvalue weighted by molar-refractivity contribution is 7.91. The second-order valence-electron chi connectivity index (χ2n) is 6.08. The number of amides is 1. The molecule has 1 aromatic carbocycles. The summed E-state index contributed by atoms with van der Waals surface area (Å²) in [5.41, 5.74) is 4.83. The Kier molecular flexibility index (Phi) is 6.43. The number of nitrogens with zero attached hydrogens (tertiary/aromatic N) is 5. The number of anilines is 1. The number of carbonyl (C=O) groups is 1. The molecule has 176 valence electrons. The van der Waals surface area contributed by atoms with Gasteiger partial charge < -0.3 is 15.8 Å². The average Bonchev–Trinajstić information content (AvgIpc) is 3.11. The molecule has 1 amide bonds. The third-order valence-electron chi connectivity index (χ3n) is 3.78. The summed E-state index contributed by atoms with van der Waals surface area (Å²) in [4.78, 5) is 23.0. The highest BCUT2D eigenvalue weighted by Crippen LogP contribution is 2.29. The van der Waals surface area contributed by atoms with Gasteiger partial charge in [0.05, 0.1) is 11.4 Å². The van der Waals surface area contributed by atoms with Crippen molar-refractivity contribution in [2.24, 2.45) is 0 Å². The number of hydrogen-bond acceptors (Lipinski definition) is 9. The number of aromatic nitrogens is 5. The van der Waals surface area contributed by atoms with Gasteiger partial charge in [-0.3, -0.25) is 4.79 Å². The molecular weight excluding hydrogens is 481 g/mol. The van der Waals surface area contributed by atoms with Crippen molar-refractivity contribution in [1.29, 1.82) is 0 Å². The highest BCUT2D eigenvalue weighted by atomic mass is 32.2. The number of nitrogen functional groups attached to an aromatic ring is 1. The van der Waals surface area contributed by atoms with E-state index in [9.17, 15) is 35.2 Å². The number of ether oxygens (including phenoxy) is 1. The summed E-state index contributed by atoms with van der Waals surface area (Å²) in [5, 5.41) is 6.10. The molecule has 0 aliphatic carbocycles. The lowest BCUT2D eigenvalue weighted by Gasteiger charge is -2.13. The number of rotatable bonds is 7. The fraction of sp³-hybridized carbons (Fsp3) is 0.188. The molecule has 0 aliphatic heterocycles. The van der Waals surface area contributed by atoms with Crippen LogP contribution in [0.3, 0.4) is 0 Å². The van der Waals surface area contributed by atoms with Gasteiger partial charge in [-0.1, -0.05) is 0 Å². The Morgan fingerprint density at radius 1 is 1.18 bits per heavy atom. The van der Waals surface area contributed by atoms with E-state index in [-0.39, 0.29) is 23.8 Å². The highest BCUT2D eigenvalue weighted by Gasteiger charge is 2.34. The van der Waals surface area contributed by atoms with Crippen molar-refractivity contribution in [1.82, 2.24) is 30.0 Å². The lowest BCUT2D eigenvalue weighted by atomic mass is 10.2. The molecule has 0 atom stereocenters. The number of sulfone groups is 1. The van der Waals surface area contributed by atoms with Crippen LogP contribution in [0, 0.1) is 0 Å². The maximum atomic E-state index is 12.9. The molecule has 0 saturated heterocycles. The van der Waals surface area contributed by atoms with Crippen LogP contribution in [0.15, 0.2) is 41.6 Å². The second-order valence-corrected chi connectivity index (χ2v) is 7.99. The SMILES string of the molecule is Nc1nc(CNC(=O)c2cc(OC(F)(F)F)cc(S(=O)(=O)C(F)F)c2)n(-c2ncccn2)n1. The van der Waals surface area contributed by atoms with E-state index in [0.29, 0.717) is 12.1 Å². The van der Waals surface area contributed by atoms with Gasteiger partial charge in [0.1, 0.15) is 5.75 Å². The largest absolute Gasteiger partial charge is 0.573 e. The molecule has 3 rings (SSSR count). The third-order valence-corrected chi connectivity index (χ3v) is 5.14. The van der Waals surface area contributed by atoms with Gasteiger partial charge in [-0.15, -0.1) is 18.3 Å². The Labute approximate surface area is 181 Å². The summed E-state index contributed by atoms with van der Waals surface area (Å²) in [6.45, 7) is -0.414. The molecule has 0 aliphatic rings. The second kappa shape index (κ2) is 8.93. The summed E-state index contributed by atoms with van der Waals surface area (Å²) in [6.07, 6.45) is -2.50. The third kappa shape index (κ3) is 5.68. The van der Waals surface area contributed by atoms with E-state index in [1.165, 1.54) is 18.5 Å². The first-order valence-corrected chi connectivity index (χ1v) is 10.1. The van der Waals surface area contributed by atoms with Gasteiger partial charge in [0.15, 0.2) is 5.82 Å². The van der Waals surface area contributed by atoms with E-state index < -0.39 is 50.6 Å². The van der Waals surface area contributed by atoms with Crippen LogP contribution in [0.4, 0.5) is 27.9 Å². The van der Waals surface area contributed by atoms with Crippen LogP contribution in [0.1, 0.15) is 16.2 Å². The molecule has 2 heterocycles. The van der Waals surface area contributed by atoms with E-state index in [2.05, 4.69) is 30.1 Å². The molecule has 0 bridgehead atoms. The van der Waals surface area contributed by atoms with Crippen LogP contribution >= 0.6 is 0 Å². The fourth-order valence-electron chi connectivity index (χ4n) is 2.46. The van der Waals surface area contributed by atoms with Crippen LogP contribution in [0.25, 0.3) is 5.95 Å². The van der Waals surface area contributed by atoms with Crippen molar-refractivity contribution in [2.75, 3.05) is 5.73 Å². The van der Waals surface area contributed by atoms with Crippen molar-refractivity contribution < 1.29 is 39.9 Å². The Hall–Kier alpha value is -3.89. The minimum Gasteiger partial charge on any atom is -0.406 e. The zero-order valence-corrected chi connectivity index (χ0v) is 16.8. The first kappa shape index (κ1) is 23.8. The van der Waals surface area contributed by atoms with Gasteiger partial charge in [0.2, 0.25) is 15.8 Å². The molecular formula is C16H12F5N7O4S. The summed E-state index contributed by atoms with van der Waals surface area (Å²) in [6, 6.07) is 2.77. The van der Waals surface area contributed by atoms with Crippen molar-refractivity contribution >= 4 is 21.7 Å². The zero-order chi connectivity index (χ0) is 24.4. The Morgan fingerprint density at radius 2 is 1.85 bits per heavy atom. The number of hydrogen-bond donors (Lipinski definition) is 2. The number of nitrogens with one attached hydrogen (secondary N) is 1. The lowest BCUT2D eigenvalue weighted by Crippen LogP contribution is -2.26. The maximum absolute atomic E-state index is 12.9. The number of carbonyl (C=O) groups excluding carboxylic acids is 1. The minimum atomic E-state index is -5.34. The molecule has 0 unspecified atom stereocenters. The molecule has 0 saturated carbocycles. The van der Waals surface area contributed by atoms with Gasteiger partial charge in [0, 0.05) is 18.0 Å². The quantitative estimate of drug-likeness (QED) is 0.466. The predicted octanol–water partition coefficient (Wildman–Crippen LogP) is 1.46. The number of benzene rings is 1. The Balaban J connectivity index is 1.91. The van der Waals surface area contributed by atoms with Crippen molar-refractivity contribution in [3.05, 3.63) is 48.0 Å². The first-order valence-electron chi connectivity index (χ1n) is 8.57. The maximum Gasteiger partial charge on any atom is 0.573 e. The van der Waals surface area contributed by atoms with Crippen LogP contribution < -0.4 is 15.8 Å². The number of nitrogens with two attached hydrogens (primary N) is 1. The smallest absolute Gasteiger partial charge is 0.406 e. The van der Waals surface area contributed by atoms with Crippen molar-refractivity contribution in [3.63, 3.8) is 0 Å². The predicted molar refractivity (Wildman–Crippen MR) is 98.8 cm³/mol. The fourth-order valence-corrected chi connectivity index (χ4v) is 3.24. The summed E-state index contributed by atoms with van der Waals surface area (Å²) in [5.74, 6) is -6.42. The van der Waals surface area contributed by atoms with Crippen LogP contribution in [-0.4, -0.2) is 51.2 Å². The lowest BCUT2D eigenvalue weighted by molar-refractivity contribution is -0.274. The molecule has 33 heavy (non-hydrogen) atoms. The molecule has 11 nitrogen and oxygen atoms in total.